The Morgan fingerprint density at radius 2 is 2.29 bits per heavy atom. The number of carbonyl (C=O) groups excluding carboxylic acids is 1. The van der Waals surface area contributed by atoms with Crippen molar-refractivity contribution in [2.24, 2.45) is 5.73 Å². The van der Waals surface area contributed by atoms with Gasteiger partial charge < -0.3 is 11.1 Å². The van der Waals surface area contributed by atoms with Crippen LogP contribution in [-0.2, 0) is 4.79 Å². The fourth-order valence-electron chi connectivity index (χ4n) is 0.830. The van der Waals surface area contributed by atoms with Gasteiger partial charge in [0, 0.05) is 5.69 Å². The van der Waals surface area contributed by atoms with Crippen LogP contribution in [0.5, 0.6) is 0 Å². The summed E-state index contributed by atoms with van der Waals surface area (Å²) in [5.41, 5.74) is 5.66. The molecule has 1 aromatic carbocycles. The van der Waals surface area contributed by atoms with Gasteiger partial charge in [0.25, 0.3) is 0 Å². The molecule has 5 heteroatoms. The first-order valence-electron chi connectivity index (χ1n) is 4.02. The molecule has 0 aliphatic heterocycles. The third-order valence-electron chi connectivity index (χ3n) is 1.60. The second-order valence-electron chi connectivity index (χ2n) is 2.91. The van der Waals surface area contributed by atoms with Crippen molar-refractivity contribution in [2.45, 2.75) is 13.0 Å². The van der Waals surface area contributed by atoms with Crippen LogP contribution in [0.4, 0.5) is 10.1 Å². The van der Waals surface area contributed by atoms with Crippen LogP contribution >= 0.6 is 11.6 Å². The fraction of sp³-hybridized carbons (Fsp3) is 0.222. The molecule has 0 saturated heterocycles. The third kappa shape index (κ3) is 2.68. The van der Waals surface area contributed by atoms with Gasteiger partial charge in [0.2, 0.25) is 5.91 Å². The lowest BCUT2D eigenvalue weighted by atomic mass is 10.3. The van der Waals surface area contributed by atoms with Gasteiger partial charge in [-0.2, -0.15) is 0 Å². The van der Waals surface area contributed by atoms with E-state index in [1.54, 1.807) is 6.92 Å². The van der Waals surface area contributed by atoms with E-state index in [0.717, 1.165) is 6.07 Å². The Hall–Kier alpha value is -1.13. The van der Waals surface area contributed by atoms with E-state index in [2.05, 4.69) is 5.32 Å². The van der Waals surface area contributed by atoms with Crippen molar-refractivity contribution in [1.82, 2.24) is 0 Å². The Balaban J connectivity index is 2.78. The number of benzene rings is 1. The first-order valence-corrected chi connectivity index (χ1v) is 4.40. The van der Waals surface area contributed by atoms with E-state index in [1.807, 2.05) is 0 Å². The van der Waals surface area contributed by atoms with Gasteiger partial charge in [-0.3, -0.25) is 4.79 Å². The molecule has 0 radical (unpaired) electrons. The van der Waals surface area contributed by atoms with Gasteiger partial charge >= 0.3 is 0 Å². The minimum Gasteiger partial charge on any atom is -0.325 e. The summed E-state index contributed by atoms with van der Waals surface area (Å²) in [6.45, 7) is 1.54. The quantitative estimate of drug-likeness (QED) is 0.792. The number of rotatable bonds is 2. The molecule has 76 valence electrons. The topological polar surface area (TPSA) is 55.1 Å². The van der Waals surface area contributed by atoms with Crippen LogP contribution in [0.25, 0.3) is 0 Å². The maximum absolute atomic E-state index is 12.9. The molecule has 0 aliphatic carbocycles. The summed E-state index contributed by atoms with van der Waals surface area (Å²) in [4.78, 5) is 11.1. The molecule has 0 heterocycles. The largest absolute Gasteiger partial charge is 0.325 e. The molecule has 3 nitrogen and oxygen atoms in total. The van der Waals surface area contributed by atoms with Crippen LogP contribution in [-0.4, -0.2) is 11.9 Å². The van der Waals surface area contributed by atoms with Crippen LogP contribution in [0.1, 0.15) is 6.92 Å². The molecule has 0 bridgehead atoms. The van der Waals surface area contributed by atoms with Crippen molar-refractivity contribution in [3.63, 3.8) is 0 Å². The number of amides is 1. The summed E-state index contributed by atoms with van der Waals surface area (Å²) in [6.07, 6.45) is 0. The maximum atomic E-state index is 12.9. The van der Waals surface area contributed by atoms with Crippen LogP contribution in [0.2, 0.25) is 5.02 Å². The average molecular weight is 217 g/mol. The normalized spacial score (nSPS) is 12.3. The summed E-state index contributed by atoms with van der Waals surface area (Å²) in [5, 5.41) is 2.46. The second kappa shape index (κ2) is 4.39. The Kier molecular flexibility index (Phi) is 3.43. The minimum atomic E-state index is -0.631. The molecule has 0 fully saturated rings. The highest BCUT2D eigenvalue weighted by Gasteiger charge is 2.08. The molecule has 1 rings (SSSR count). The Morgan fingerprint density at radius 1 is 1.64 bits per heavy atom. The summed E-state index contributed by atoms with van der Waals surface area (Å²) < 4.78 is 12.9. The van der Waals surface area contributed by atoms with E-state index in [4.69, 9.17) is 17.3 Å². The molecule has 0 aromatic heterocycles. The standard InChI is InChI=1S/C9H10ClFN2O/c1-5(12)9(14)13-6-2-3-7(10)8(11)4-6/h2-5H,12H2,1H3,(H,13,14)/t5-/m0/s1. The number of nitrogens with two attached hydrogens (primary N) is 1. The molecule has 3 N–H and O–H groups in total. The number of anilines is 1. The Bertz CT molecular complexity index is 355. The molecule has 1 amide bonds. The molecule has 1 atom stereocenters. The Morgan fingerprint density at radius 3 is 2.79 bits per heavy atom. The highest BCUT2D eigenvalue weighted by atomic mass is 35.5. The van der Waals surface area contributed by atoms with E-state index in [1.165, 1.54) is 12.1 Å². The number of carbonyl (C=O) groups is 1. The number of hydrogen-bond donors (Lipinski definition) is 2. The van der Waals surface area contributed by atoms with Crippen molar-refractivity contribution in [2.75, 3.05) is 5.32 Å². The molecular formula is C9H10ClFN2O. The predicted molar refractivity (Wildman–Crippen MR) is 53.7 cm³/mol. The van der Waals surface area contributed by atoms with E-state index < -0.39 is 11.9 Å². The monoisotopic (exact) mass is 216 g/mol. The molecule has 0 saturated carbocycles. The van der Waals surface area contributed by atoms with E-state index >= 15 is 0 Å². The van der Waals surface area contributed by atoms with Crippen LogP contribution < -0.4 is 11.1 Å². The summed E-state index contributed by atoms with van der Waals surface area (Å²) in [6, 6.07) is 3.39. The average Bonchev–Trinajstić information content (AvgIpc) is 2.11. The van der Waals surface area contributed by atoms with Gasteiger partial charge in [0.1, 0.15) is 5.82 Å². The number of hydrogen-bond acceptors (Lipinski definition) is 2. The van der Waals surface area contributed by atoms with Gasteiger partial charge in [-0.25, -0.2) is 4.39 Å². The highest BCUT2D eigenvalue weighted by molar-refractivity contribution is 6.30. The van der Waals surface area contributed by atoms with Crippen molar-refractivity contribution in [1.29, 1.82) is 0 Å². The number of nitrogens with one attached hydrogen (secondary N) is 1. The van der Waals surface area contributed by atoms with E-state index in [9.17, 15) is 9.18 Å². The summed E-state index contributed by atoms with van der Waals surface area (Å²) >= 11 is 5.47. The van der Waals surface area contributed by atoms with E-state index in [0.29, 0.717) is 5.69 Å². The highest BCUT2D eigenvalue weighted by Crippen LogP contribution is 2.18. The molecule has 0 unspecified atom stereocenters. The molecule has 1 aromatic rings. The van der Waals surface area contributed by atoms with Crippen molar-refractivity contribution < 1.29 is 9.18 Å². The second-order valence-corrected chi connectivity index (χ2v) is 3.31. The first-order chi connectivity index (χ1) is 6.50. The smallest absolute Gasteiger partial charge is 0.241 e. The first kappa shape index (κ1) is 10.9. The fourth-order valence-corrected chi connectivity index (χ4v) is 0.948. The van der Waals surface area contributed by atoms with Gasteiger partial charge in [-0.15, -0.1) is 0 Å². The van der Waals surface area contributed by atoms with Gasteiger partial charge in [-0.05, 0) is 25.1 Å². The summed E-state index contributed by atoms with van der Waals surface area (Å²) in [7, 11) is 0. The maximum Gasteiger partial charge on any atom is 0.241 e. The third-order valence-corrected chi connectivity index (χ3v) is 1.91. The predicted octanol–water partition coefficient (Wildman–Crippen LogP) is 1.76. The van der Waals surface area contributed by atoms with E-state index in [-0.39, 0.29) is 10.9 Å². The molecule has 0 aliphatic rings. The zero-order valence-corrected chi connectivity index (χ0v) is 8.31. The summed E-state index contributed by atoms with van der Waals surface area (Å²) in [5.74, 6) is -0.944. The van der Waals surface area contributed by atoms with Crippen molar-refractivity contribution in [3.05, 3.63) is 29.0 Å². The van der Waals surface area contributed by atoms with Crippen LogP contribution in [0.15, 0.2) is 18.2 Å². The zero-order chi connectivity index (χ0) is 10.7. The van der Waals surface area contributed by atoms with Crippen LogP contribution in [0, 0.1) is 5.82 Å². The van der Waals surface area contributed by atoms with Crippen molar-refractivity contribution >= 4 is 23.2 Å². The van der Waals surface area contributed by atoms with Crippen molar-refractivity contribution in [3.8, 4) is 0 Å². The van der Waals surface area contributed by atoms with Crippen LogP contribution in [0.3, 0.4) is 0 Å². The SMILES string of the molecule is C[C@H](N)C(=O)Nc1ccc(Cl)c(F)c1. The lowest BCUT2D eigenvalue weighted by Crippen LogP contribution is -2.32. The lowest BCUT2D eigenvalue weighted by Gasteiger charge is -2.07. The van der Waals surface area contributed by atoms with Gasteiger partial charge in [0.15, 0.2) is 0 Å². The molecule has 14 heavy (non-hydrogen) atoms. The lowest BCUT2D eigenvalue weighted by molar-refractivity contribution is -0.117. The molecular weight excluding hydrogens is 207 g/mol. The Labute approximate surface area is 86.0 Å². The van der Waals surface area contributed by atoms with Gasteiger partial charge in [0.05, 0.1) is 11.1 Å². The van der Waals surface area contributed by atoms with Gasteiger partial charge in [-0.1, -0.05) is 11.6 Å². The molecule has 0 spiro atoms. The minimum absolute atomic E-state index is 0.0174. The number of halogens is 2. The zero-order valence-electron chi connectivity index (χ0n) is 7.55.